The van der Waals surface area contributed by atoms with Crippen molar-refractivity contribution in [2.45, 2.75) is 26.7 Å². The van der Waals surface area contributed by atoms with Gasteiger partial charge in [0.2, 0.25) is 0 Å². The van der Waals surface area contributed by atoms with Gasteiger partial charge in [-0.05, 0) is 24.3 Å². The maximum absolute atomic E-state index is 11.4. The number of azo groups is 1. The maximum atomic E-state index is 11.4. The average molecular weight is 502 g/mol. The Morgan fingerprint density at radius 1 is 1.03 bits per heavy atom. The zero-order chi connectivity index (χ0) is 25.8. The molecule has 0 aliphatic heterocycles. The van der Waals surface area contributed by atoms with E-state index in [1.165, 1.54) is 12.1 Å². The number of nitriles is 1. The van der Waals surface area contributed by atoms with Crippen LogP contribution in [-0.2, 0) is 19.1 Å². The van der Waals surface area contributed by atoms with Crippen LogP contribution in [0.4, 0.5) is 22.7 Å². The number of hydrogen-bond acceptors (Lipinski definition) is 10. The van der Waals surface area contributed by atoms with Crippen LogP contribution in [0, 0.1) is 21.4 Å². The fraction of sp³-hybridized carbons (Fsp3) is 0.348. The van der Waals surface area contributed by atoms with E-state index in [4.69, 9.17) is 21.1 Å². The summed E-state index contributed by atoms with van der Waals surface area (Å²) in [5, 5.41) is 28.5. The lowest BCUT2D eigenvalue weighted by atomic mass is 10.2. The molecule has 2 aromatic carbocycles. The van der Waals surface area contributed by atoms with E-state index in [0.717, 1.165) is 6.07 Å². The molecule has 0 unspecified atom stereocenters. The molecule has 11 nitrogen and oxygen atoms in total. The monoisotopic (exact) mass is 501 g/mol. The van der Waals surface area contributed by atoms with Crippen LogP contribution in [-0.4, -0.2) is 43.2 Å². The average Bonchev–Trinajstić information content (AvgIpc) is 2.86. The Morgan fingerprint density at radius 3 is 2.11 bits per heavy atom. The number of nitro benzene ring substituents is 1. The summed E-state index contributed by atoms with van der Waals surface area (Å²) < 4.78 is 10.3. The molecule has 0 heterocycles. The van der Waals surface area contributed by atoms with Crippen molar-refractivity contribution in [1.29, 1.82) is 5.26 Å². The van der Waals surface area contributed by atoms with Gasteiger partial charge in [-0.1, -0.05) is 25.4 Å². The molecule has 0 aliphatic rings. The summed E-state index contributed by atoms with van der Waals surface area (Å²) in [5.74, 6) is -0.640. The van der Waals surface area contributed by atoms with Crippen molar-refractivity contribution in [3.63, 3.8) is 0 Å². The minimum atomic E-state index is -0.602. The number of nitrogens with zero attached hydrogens (tertiary/aromatic N) is 5. The fourth-order valence-corrected chi connectivity index (χ4v) is 3.02. The summed E-state index contributed by atoms with van der Waals surface area (Å²) in [4.78, 5) is 35.0. The van der Waals surface area contributed by atoms with Gasteiger partial charge in [-0.3, -0.25) is 19.7 Å². The van der Waals surface area contributed by atoms with Crippen molar-refractivity contribution in [3.8, 4) is 6.07 Å². The lowest BCUT2D eigenvalue weighted by molar-refractivity contribution is -0.384. The Labute approximate surface area is 207 Å². The van der Waals surface area contributed by atoms with E-state index in [0.29, 0.717) is 24.5 Å². The van der Waals surface area contributed by atoms with Crippen molar-refractivity contribution in [2.24, 2.45) is 10.2 Å². The number of nitro groups is 1. The summed E-state index contributed by atoms with van der Waals surface area (Å²) in [6.45, 7) is 4.39. The van der Waals surface area contributed by atoms with E-state index in [2.05, 4.69) is 10.2 Å². The lowest BCUT2D eigenvalue weighted by Crippen LogP contribution is -2.32. The first-order valence-electron chi connectivity index (χ1n) is 10.7. The normalized spacial score (nSPS) is 10.6. The zero-order valence-corrected chi connectivity index (χ0v) is 20.0. The quantitative estimate of drug-likeness (QED) is 0.166. The smallest absolute Gasteiger partial charge is 0.305 e. The summed E-state index contributed by atoms with van der Waals surface area (Å²) in [7, 11) is 0. The second-order valence-corrected chi connectivity index (χ2v) is 7.45. The van der Waals surface area contributed by atoms with Crippen molar-refractivity contribution in [3.05, 3.63) is 57.1 Å². The highest BCUT2D eigenvalue weighted by atomic mass is 35.5. The molecular formula is C23H24ClN5O6. The van der Waals surface area contributed by atoms with Gasteiger partial charge in [-0.2, -0.15) is 5.26 Å². The van der Waals surface area contributed by atoms with Crippen LogP contribution < -0.4 is 4.90 Å². The summed E-state index contributed by atoms with van der Waals surface area (Å²) in [6.07, 6.45) is 0.532. The molecule has 0 aliphatic carbocycles. The number of non-ortho nitro benzene ring substituents is 1. The van der Waals surface area contributed by atoms with Gasteiger partial charge in [0.15, 0.2) is 0 Å². The van der Waals surface area contributed by atoms with Gasteiger partial charge in [0.05, 0.1) is 28.6 Å². The molecule has 12 heteroatoms. The van der Waals surface area contributed by atoms with Gasteiger partial charge in [-0.15, -0.1) is 10.2 Å². The number of ether oxygens (including phenoxy) is 2. The van der Waals surface area contributed by atoms with Crippen molar-refractivity contribution in [1.82, 2.24) is 0 Å². The van der Waals surface area contributed by atoms with E-state index < -0.39 is 4.92 Å². The molecule has 0 amide bonds. The number of carbonyl (C=O) groups is 2. The second kappa shape index (κ2) is 13.6. The molecule has 35 heavy (non-hydrogen) atoms. The van der Waals surface area contributed by atoms with Crippen LogP contribution in [0.1, 0.15) is 32.3 Å². The van der Waals surface area contributed by atoms with Gasteiger partial charge in [0, 0.05) is 30.7 Å². The van der Waals surface area contributed by atoms with Gasteiger partial charge >= 0.3 is 11.9 Å². The van der Waals surface area contributed by atoms with Gasteiger partial charge in [-0.25, -0.2) is 0 Å². The van der Waals surface area contributed by atoms with E-state index >= 15 is 0 Å². The lowest BCUT2D eigenvalue weighted by Gasteiger charge is -2.25. The summed E-state index contributed by atoms with van der Waals surface area (Å²) >= 11 is 6.39. The van der Waals surface area contributed by atoms with Crippen LogP contribution in [0.2, 0.25) is 5.02 Å². The molecule has 184 valence electrons. The third kappa shape index (κ3) is 8.35. The predicted octanol–water partition coefficient (Wildman–Crippen LogP) is 5.25. The molecule has 0 N–H and O–H groups in total. The Kier molecular flexibility index (Phi) is 10.6. The van der Waals surface area contributed by atoms with E-state index in [1.54, 1.807) is 32.0 Å². The second-order valence-electron chi connectivity index (χ2n) is 7.04. The Balaban J connectivity index is 2.20. The van der Waals surface area contributed by atoms with Crippen molar-refractivity contribution >= 4 is 46.3 Å². The number of esters is 2. The van der Waals surface area contributed by atoms with Crippen LogP contribution in [0.15, 0.2) is 46.6 Å². The zero-order valence-electron chi connectivity index (χ0n) is 19.3. The molecule has 0 saturated carbocycles. The largest absolute Gasteiger partial charge is 0.464 e. The Hall–Kier alpha value is -4.04. The number of benzene rings is 2. The molecule has 0 spiro atoms. The van der Waals surface area contributed by atoms with E-state index in [9.17, 15) is 25.0 Å². The fourth-order valence-electron chi connectivity index (χ4n) is 2.81. The van der Waals surface area contributed by atoms with E-state index in [-0.39, 0.29) is 60.0 Å². The number of carbonyl (C=O) groups excluding carboxylic acids is 2. The van der Waals surface area contributed by atoms with Gasteiger partial charge in [0.25, 0.3) is 5.69 Å². The molecule has 0 fully saturated rings. The van der Waals surface area contributed by atoms with Crippen LogP contribution in [0.3, 0.4) is 0 Å². The molecule has 0 saturated heterocycles. The number of anilines is 1. The van der Waals surface area contributed by atoms with Crippen molar-refractivity contribution in [2.75, 3.05) is 31.2 Å². The van der Waals surface area contributed by atoms with Crippen molar-refractivity contribution < 1.29 is 24.0 Å². The van der Waals surface area contributed by atoms with E-state index in [1.807, 2.05) is 11.0 Å². The molecular weight excluding hydrogens is 478 g/mol. The summed E-state index contributed by atoms with van der Waals surface area (Å²) in [5.41, 5.74) is 0.937. The Morgan fingerprint density at radius 2 is 1.60 bits per heavy atom. The minimum absolute atomic E-state index is 0.00474. The van der Waals surface area contributed by atoms with Gasteiger partial charge < -0.3 is 14.4 Å². The summed E-state index contributed by atoms with van der Waals surface area (Å²) in [6, 6.07) is 10.5. The number of rotatable bonds is 12. The first-order valence-corrected chi connectivity index (χ1v) is 11.1. The molecule has 2 rings (SSSR count). The molecule has 2 aromatic rings. The van der Waals surface area contributed by atoms with Gasteiger partial charge in [0.1, 0.15) is 30.7 Å². The third-order valence-corrected chi connectivity index (χ3v) is 5.00. The maximum Gasteiger partial charge on any atom is 0.305 e. The van der Waals surface area contributed by atoms with Crippen LogP contribution in [0.25, 0.3) is 0 Å². The van der Waals surface area contributed by atoms with Crippen LogP contribution >= 0.6 is 11.6 Å². The molecule has 0 atom stereocenters. The standard InChI is InChI=1S/C23H24ClN5O6/c1-3-22(30)34-11-9-28(10-12-35-23(31)4-2)17-5-8-21(19(24)14-17)27-26-20-7-6-18(29(32)33)13-16(20)15-25/h5-8,13-14H,3-4,9-12H2,1-2H3. The highest BCUT2D eigenvalue weighted by Gasteiger charge is 2.13. The first-order chi connectivity index (χ1) is 16.8. The highest BCUT2D eigenvalue weighted by Crippen LogP contribution is 2.32. The molecule has 0 bridgehead atoms. The number of hydrogen-bond donors (Lipinski definition) is 0. The number of halogens is 1. The minimum Gasteiger partial charge on any atom is -0.464 e. The molecule has 0 aromatic heterocycles. The Bertz CT molecular complexity index is 1130. The highest BCUT2D eigenvalue weighted by molar-refractivity contribution is 6.33. The first kappa shape index (κ1) is 27.2. The van der Waals surface area contributed by atoms with Crippen LogP contribution in [0.5, 0.6) is 0 Å². The SMILES string of the molecule is CCC(=O)OCCN(CCOC(=O)CC)c1ccc(N=Nc2ccc([N+](=O)[O-])cc2C#N)c(Cl)c1. The third-order valence-electron chi connectivity index (χ3n) is 4.70. The molecule has 0 radical (unpaired) electrons. The predicted molar refractivity (Wildman–Crippen MR) is 128 cm³/mol. The topological polar surface area (TPSA) is 147 Å².